The Morgan fingerprint density at radius 1 is 1.39 bits per heavy atom. The first-order valence-corrected chi connectivity index (χ1v) is 5.69. The third kappa shape index (κ3) is 5.13. The first-order valence-electron chi connectivity index (χ1n) is 5.69. The summed E-state index contributed by atoms with van der Waals surface area (Å²) in [6.45, 7) is 3.67. The van der Waals surface area contributed by atoms with E-state index in [2.05, 4.69) is 10.1 Å². The molecule has 0 saturated heterocycles. The smallest absolute Gasteiger partial charge is 0.326 e. The molecule has 0 aliphatic heterocycles. The fourth-order valence-electron chi connectivity index (χ4n) is 1.23. The summed E-state index contributed by atoms with van der Waals surface area (Å²) in [5.74, 6) is -2.66. The highest BCUT2D eigenvalue weighted by Gasteiger charge is 2.27. The van der Waals surface area contributed by atoms with E-state index in [1.807, 2.05) is 6.92 Å². The van der Waals surface area contributed by atoms with Crippen molar-refractivity contribution in [3.05, 3.63) is 0 Å². The number of hydrogen-bond acceptors (Lipinski definition) is 5. The molecule has 18 heavy (non-hydrogen) atoms. The number of hydrogen-bond donors (Lipinski definition) is 3. The highest BCUT2D eigenvalue weighted by molar-refractivity contribution is 5.89. The maximum absolute atomic E-state index is 11.7. The van der Waals surface area contributed by atoms with Crippen molar-refractivity contribution in [2.24, 2.45) is 11.7 Å². The number of carbonyl (C=O) groups excluding carboxylic acids is 2. The second-order valence-electron chi connectivity index (χ2n) is 4.09. The molecule has 1 unspecified atom stereocenters. The predicted molar refractivity (Wildman–Crippen MR) is 63.6 cm³/mol. The molecular weight excluding hydrogens is 240 g/mol. The Morgan fingerprint density at radius 3 is 2.33 bits per heavy atom. The van der Waals surface area contributed by atoms with E-state index in [-0.39, 0.29) is 5.92 Å². The molecule has 4 N–H and O–H groups in total. The summed E-state index contributed by atoms with van der Waals surface area (Å²) in [4.78, 5) is 33.6. The molecule has 0 bridgehead atoms. The Bertz CT molecular complexity index is 319. The van der Waals surface area contributed by atoms with Crippen molar-refractivity contribution in [2.75, 3.05) is 7.11 Å². The van der Waals surface area contributed by atoms with Crippen LogP contribution in [-0.4, -0.2) is 42.1 Å². The molecule has 7 nitrogen and oxygen atoms in total. The highest BCUT2D eigenvalue weighted by atomic mass is 16.5. The van der Waals surface area contributed by atoms with Gasteiger partial charge in [0, 0.05) is 0 Å². The molecule has 0 aliphatic carbocycles. The lowest BCUT2D eigenvalue weighted by Crippen LogP contribution is -2.51. The van der Waals surface area contributed by atoms with Gasteiger partial charge in [0.15, 0.2) is 0 Å². The van der Waals surface area contributed by atoms with E-state index >= 15 is 0 Å². The zero-order chi connectivity index (χ0) is 14.3. The highest BCUT2D eigenvalue weighted by Crippen LogP contribution is 2.06. The van der Waals surface area contributed by atoms with Gasteiger partial charge in [-0.2, -0.15) is 0 Å². The third-order valence-electron chi connectivity index (χ3n) is 2.77. The van der Waals surface area contributed by atoms with E-state index in [1.54, 1.807) is 6.92 Å². The second-order valence-corrected chi connectivity index (χ2v) is 4.09. The number of rotatable bonds is 7. The van der Waals surface area contributed by atoms with E-state index in [0.29, 0.717) is 6.42 Å². The van der Waals surface area contributed by atoms with E-state index in [0.717, 1.165) is 7.11 Å². The SMILES string of the molecule is CCC(C)[C@H](N)C(=O)N[C@@H](CC(=O)OC)C(=O)O. The number of ether oxygens (including phenoxy) is 1. The number of carboxylic acid groups (broad SMARTS) is 1. The van der Waals surface area contributed by atoms with Crippen molar-refractivity contribution in [1.82, 2.24) is 5.32 Å². The van der Waals surface area contributed by atoms with Crippen LogP contribution >= 0.6 is 0 Å². The van der Waals surface area contributed by atoms with Crippen LogP contribution in [-0.2, 0) is 19.1 Å². The summed E-state index contributed by atoms with van der Waals surface area (Å²) in [6.07, 6.45) is 0.272. The van der Waals surface area contributed by atoms with Gasteiger partial charge in [-0.05, 0) is 5.92 Å². The lowest BCUT2D eigenvalue weighted by molar-refractivity contribution is -0.149. The van der Waals surface area contributed by atoms with E-state index in [1.165, 1.54) is 0 Å². The minimum Gasteiger partial charge on any atom is -0.480 e. The number of carboxylic acids is 1. The summed E-state index contributed by atoms with van der Waals surface area (Å²) in [5.41, 5.74) is 5.66. The normalized spacial score (nSPS) is 15.3. The van der Waals surface area contributed by atoms with Crippen LogP contribution in [0.3, 0.4) is 0 Å². The minimum atomic E-state index is -1.32. The molecule has 0 aromatic rings. The average Bonchev–Trinajstić information content (AvgIpc) is 2.35. The zero-order valence-electron chi connectivity index (χ0n) is 10.8. The van der Waals surface area contributed by atoms with Crippen molar-refractivity contribution >= 4 is 17.8 Å². The van der Waals surface area contributed by atoms with Crippen LogP contribution in [0.25, 0.3) is 0 Å². The molecule has 1 amide bonds. The quantitative estimate of drug-likeness (QED) is 0.530. The summed E-state index contributed by atoms with van der Waals surface area (Å²) >= 11 is 0. The summed E-state index contributed by atoms with van der Waals surface area (Å²) in [5, 5.41) is 11.1. The summed E-state index contributed by atoms with van der Waals surface area (Å²) < 4.78 is 4.36. The number of nitrogens with two attached hydrogens (primary N) is 1. The van der Waals surface area contributed by atoms with Crippen LogP contribution in [0.2, 0.25) is 0 Å². The van der Waals surface area contributed by atoms with Crippen LogP contribution in [0, 0.1) is 5.92 Å². The number of nitrogens with one attached hydrogen (secondary N) is 1. The van der Waals surface area contributed by atoms with Crippen molar-refractivity contribution in [3.8, 4) is 0 Å². The maximum Gasteiger partial charge on any atom is 0.326 e. The van der Waals surface area contributed by atoms with Gasteiger partial charge in [0.1, 0.15) is 6.04 Å². The largest absolute Gasteiger partial charge is 0.480 e. The van der Waals surface area contributed by atoms with Crippen LogP contribution in [0.4, 0.5) is 0 Å². The molecule has 3 atom stereocenters. The Balaban J connectivity index is 4.54. The van der Waals surface area contributed by atoms with E-state index < -0.39 is 36.4 Å². The molecule has 0 rings (SSSR count). The van der Waals surface area contributed by atoms with Crippen molar-refractivity contribution < 1.29 is 24.2 Å². The monoisotopic (exact) mass is 260 g/mol. The van der Waals surface area contributed by atoms with Gasteiger partial charge >= 0.3 is 11.9 Å². The average molecular weight is 260 g/mol. The van der Waals surface area contributed by atoms with Gasteiger partial charge in [0.05, 0.1) is 19.6 Å². The topological polar surface area (TPSA) is 119 Å². The fraction of sp³-hybridized carbons (Fsp3) is 0.727. The van der Waals surface area contributed by atoms with Gasteiger partial charge in [-0.25, -0.2) is 4.79 Å². The van der Waals surface area contributed by atoms with Crippen LogP contribution in [0.1, 0.15) is 26.7 Å². The molecule has 0 saturated carbocycles. The molecule has 0 heterocycles. The zero-order valence-corrected chi connectivity index (χ0v) is 10.8. The number of carbonyl (C=O) groups is 3. The Labute approximate surface area is 106 Å². The van der Waals surface area contributed by atoms with Gasteiger partial charge in [-0.1, -0.05) is 20.3 Å². The number of aliphatic carboxylic acids is 1. The lowest BCUT2D eigenvalue weighted by atomic mass is 9.99. The number of esters is 1. The second kappa shape index (κ2) is 7.65. The molecule has 0 spiro atoms. The van der Waals surface area contributed by atoms with Crippen LogP contribution in [0.5, 0.6) is 0 Å². The van der Waals surface area contributed by atoms with Gasteiger partial charge in [0.25, 0.3) is 0 Å². The third-order valence-corrected chi connectivity index (χ3v) is 2.77. The predicted octanol–water partition coefficient (Wildman–Crippen LogP) is -0.508. The Hall–Kier alpha value is -1.63. The minimum absolute atomic E-state index is 0.0717. The lowest BCUT2D eigenvalue weighted by Gasteiger charge is -2.20. The molecule has 0 radical (unpaired) electrons. The Kier molecular flexibility index (Phi) is 6.96. The molecule has 0 fully saturated rings. The molecule has 104 valence electrons. The fourth-order valence-corrected chi connectivity index (χ4v) is 1.23. The molecule has 7 heteroatoms. The van der Waals surface area contributed by atoms with Crippen molar-refractivity contribution in [2.45, 2.75) is 38.8 Å². The summed E-state index contributed by atoms with van der Waals surface area (Å²) in [6, 6.07) is -2.12. The number of amides is 1. The van der Waals surface area contributed by atoms with Gasteiger partial charge in [0.2, 0.25) is 5.91 Å². The van der Waals surface area contributed by atoms with Crippen molar-refractivity contribution in [3.63, 3.8) is 0 Å². The van der Waals surface area contributed by atoms with Crippen molar-refractivity contribution in [1.29, 1.82) is 0 Å². The maximum atomic E-state index is 11.7. The number of methoxy groups -OCH3 is 1. The molecule has 0 aromatic carbocycles. The molecular formula is C11H20N2O5. The Morgan fingerprint density at radius 2 is 1.94 bits per heavy atom. The molecule has 0 aliphatic rings. The van der Waals surface area contributed by atoms with Crippen LogP contribution < -0.4 is 11.1 Å². The first kappa shape index (κ1) is 16.4. The van der Waals surface area contributed by atoms with E-state index in [9.17, 15) is 14.4 Å². The van der Waals surface area contributed by atoms with Crippen LogP contribution in [0.15, 0.2) is 0 Å². The van der Waals surface area contributed by atoms with Gasteiger partial charge in [-0.15, -0.1) is 0 Å². The van der Waals surface area contributed by atoms with Gasteiger partial charge < -0.3 is 20.9 Å². The first-order chi connectivity index (χ1) is 8.33. The standard InChI is InChI=1S/C11H20N2O5/c1-4-6(2)9(12)10(15)13-7(11(16)17)5-8(14)18-3/h6-7,9H,4-5,12H2,1-3H3,(H,13,15)(H,16,17)/t6?,7-,9-/m0/s1. The van der Waals surface area contributed by atoms with E-state index in [4.69, 9.17) is 10.8 Å². The van der Waals surface area contributed by atoms with Gasteiger partial charge in [-0.3, -0.25) is 9.59 Å². The molecule has 0 aromatic heterocycles. The summed E-state index contributed by atoms with van der Waals surface area (Å²) in [7, 11) is 1.15.